The lowest BCUT2D eigenvalue weighted by Crippen LogP contribution is -2.48. The van der Waals surface area contributed by atoms with E-state index >= 15 is 0 Å². The number of rotatable bonds is 6. The molecule has 1 fully saturated rings. The van der Waals surface area contributed by atoms with Crippen LogP contribution in [0, 0.1) is 0 Å². The summed E-state index contributed by atoms with van der Waals surface area (Å²) >= 11 is 12.0. The van der Waals surface area contributed by atoms with Gasteiger partial charge in [-0.1, -0.05) is 29.3 Å². The molecule has 29 heavy (non-hydrogen) atoms. The van der Waals surface area contributed by atoms with Gasteiger partial charge in [0, 0.05) is 38.3 Å². The van der Waals surface area contributed by atoms with Crippen LogP contribution in [0.4, 0.5) is 8.78 Å². The number of hydrogen-bond acceptors (Lipinski definition) is 4. The summed E-state index contributed by atoms with van der Waals surface area (Å²) in [6.45, 7) is 0.266. The summed E-state index contributed by atoms with van der Waals surface area (Å²) in [5.74, 6) is -0.194. The van der Waals surface area contributed by atoms with E-state index < -0.39 is 6.61 Å². The Labute approximate surface area is 177 Å². The van der Waals surface area contributed by atoms with Crippen LogP contribution in [0.5, 0.6) is 11.5 Å². The number of carbonyl (C=O) groups is 1. The number of ether oxygens (including phenoxy) is 2. The minimum atomic E-state index is -2.96. The molecule has 1 saturated heterocycles. The standard InChI is InChI=1S/C20H20Cl2F2N2O3/c1-28-18-11-14(3-5-17(18)29-20(23)24)19(27)26-8-6-25(7-9-26)12-13-2-4-15(21)16(22)10-13/h2-5,10-11,20H,6-9,12H2,1H3. The smallest absolute Gasteiger partial charge is 0.387 e. The van der Waals surface area contributed by atoms with Crippen molar-refractivity contribution in [2.75, 3.05) is 33.3 Å². The third kappa shape index (κ3) is 5.50. The third-order valence-electron chi connectivity index (χ3n) is 4.68. The van der Waals surface area contributed by atoms with Crippen molar-refractivity contribution in [2.45, 2.75) is 13.2 Å². The van der Waals surface area contributed by atoms with Crippen molar-refractivity contribution in [2.24, 2.45) is 0 Å². The van der Waals surface area contributed by atoms with Crippen LogP contribution in [-0.2, 0) is 6.54 Å². The number of hydrogen-bond donors (Lipinski definition) is 0. The number of amides is 1. The minimum absolute atomic E-state index is 0.0920. The highest BCUT2D eigenvalue weighted by Crippen LogP contribution is 2.30. The second kappa shape index (κ2) is 9.61. The molecule has 2 aromatic rings. The van der Waals surface area contributed by atoms with Gasteiger partial charge in [-0.15, -0.1) is 0 Å². The molecule has 1 aliphatic rings. The van der Waals surface area contributed by atoms with Gasteiger partial charge in [0.1, 0.15) is 0 Å². The molecule has 1 amide bonds. The molecule has 0 bridgehead atoms. The Morgan fingerprint density at radius 3 is 2.38 bits per heavy atom. The molecule has 0 unspecified atom stereocenters. The molecule has 156 valence electrons. The van der Waals surface area contributed by atoms with Gasteiger partial charge in [0.15, 0.2) is 11.5 Å². The Bertz CT molecular complexity index is 875. The van der Waals surface area contributed by atoms with Crippen molar-refractivity contribution in [1.29, 1.82) is 0 Å². The summed E-state index contributed by atoms with van der Waals surface area (Å²) in [4.78, 5) is 16.7. The molecule has 9 heteroatoms. The van der Waals surface area contributed by atoms with Gasteiger partial charge in [0.05, 0.1) is 17.2 Å². The highest BCUT2D eigenvalue weighted by molar-refractivity contribution is 6.42. The molecule has 0 saturated carbocycles. The van der Waals surface area contributed by atoms with E-state index in [0.29, 0.717) is 48.3 Å². The van der Waals surface area contributed by atoms with Crippen molar-refractivity contribution >= 4 is 29.1 Å². The van der Waals surface area contributed by atoms with Crippen molar-refractivity contribution in [3.8, 4) is 11.5 Å². The van der Waals surface area contributed by atoms with E-state index in [1.165, 1.54) is 25.3 Å². The molecule has 3 rings (SSSR count). The average Bonchev–Trinajstić information content (AvgIpc) is 2.71. The van der Waals surface area contributed by atoms with Crippen LogP contribution in [0.2, 0.25) is 10.0 Å². The van der Waals surface area contributed by atoms with Gasteiger partial charge >= 0.3 is 6.61 Å². The normalized spacial score (nSPS) is 14.9. The minimum Gasteiger partial charge on any atom is -0.493 e. The Morgan fingerprint density at radius 1 is 1.03 bits per heavy atom. The molecule has 5 nitrogen and oxygen atoms in total. The van der Waals surface area contributed by atoms with Crippen LogP contribution < -0.4 is 9.47 Å². The predicted molar refractivity (Wildman–Crippen MR) is 107 cm³/mol. The van der Waals surface area contributed by atoms with E-state index in [9.17, 15) is 13.6 Å². The Kier molecular flexibility index (Phi) is 7.16. The number of benzene rings is 2. The number of carbonyl (C=O) groups excluding carboxylic acids is 1. The molecule has 0 radical (unpaired) electrons. The molecule has 2 aromatic carbocycles. The lowest BCUT2D eigenvalue weighted by molar-refractivity contribution is -0.0512. The molecule has 0 N–H and O–H groups in total. The van der Waals surface area contributed by atoms with Crippen LogP contribution in [0.1, 0.15) is 15.9 Å². The Balaban J connectivity index is 1.60. The first-order valence-corrected chi connectivity index (χ1v) is 9.71. The zero-order valence-electron chi connectivity index (χ0n) is 15.7. The summed E-state index contributed by atoms with van der Waals surface area (Å²) in [5.41, 5.74) is 1.42. The maximum Gasteiger partial charge on any atom is 0.387 e. The van der Waals surface area contributed by atoms with Crippen molar-refractivity contribution in [1.82, 2.24) is 9.80 Å². The molecule has 1 heterocycles. The van der Waals surface area contributed by atoms with Gasteiger partial charge in [-0.2, -0.15) is 8.78 Å². The van der Waals surface area contributed by atoms with Gasteiger partial charge in [0.2, 0.25) is 0 Å². The SMILES string of the molecule is COc1cc(C(=O)N2CCN(Cc3ccc(Cl)c(Cl)c3)CC2)ccc1OC(F)F. The Morgan fingerprint density at radius 2 is 1.76 bits per heavy atom. The van der Waals surface area contributed by atoms with Gasteiger partial charge in [0.25, 0.3) is 5.91 Å². The van der Waals surface area contributed by atoms with E-state index in [1.807, 2.05) is 12.1 Å². The van der Waals surface area contributed by atoms with Gasteiger partial charge in [-0.3, -0.25) is 9.69 Å². The highest BCUT2D eigenvalue weighted by Gasteiger charge is 2.23. The fourth-order valence-corrected chi connectivity index (χ4v) is 3.50. The number of nitrogens with zero attached hydrogens (tertiary/aromatic N) is 2. The molecule has 0 aliphatic carbocycles. The number of alkyl halides is 2. The van der Waals surface area contributed by atoms with Crippen LogP contribution in [0.15, 0.2) is 36.4 Å². The third-order valence-corrected chi connectivity index (χ3v) is 5.42. The summed E-state index contributed by atoms with van der Waals surface area (Å²) in [6, 6.07) is 9.75. The summed E-state index contributed by atoms with van der Waals surface area (Å²) in [7, 11) is 1.34. The second-order valence-electron chi connectivity index (χ2n) is 6.56. The molecule has 0 aromatic heterocycles. The maximum absolute atomic E-state index is 12.8. The van der Waals surface area contributed by atoms with Crippen molar-refractivity contribution < 1.29 is 23.0 Å². The zero-order chi connectivity index (χ0) is 21.0. The van der Waals surface area contributed by atoms with Gasteiger partial charge in [-0.25, -0.2) is 0 Å². The fraction of sp³-hybridized carbons (Fsp3) is 0.350. The van der Waals surface area contributed by atoms with Gasteiger partial charge in [-0.05, 0) is 35.9 Å². The van der Waals surface area contributed by atoms with Crippen molar-refractivity contribution in [3.05, 3.63) is 57.6 Å². The van der Waals surface area contributed by atoms with Crippen LogP contribution in [0.3, 0.4) is 0 Å². The fourth-order valence-electron chi connectivity index (χ4n) is 3.18. The topological polar surface area (TPSA) is 42.0 Å². The lowest BCUT2D eigenvalue weighted by Gasteiger charge is -2.35. The highest BCUT2D eigenvalue weighted by atomic mass is 35.5. The number of methoxy groups -OCH3 is 1. The lowest BCUT2D eigenvalue weighted by atomic mass is 10.1. The summed E-state index contributed by atoms with van der Waals surface area (Å²) < 4.78 is 34.4. The predicted octanol–water partition coefficient (Wildman–Crippen LogP) is 4.56. The first kappa shape index (κ1) is 21.6. The van der Waals surface area contributed by atoms with E-state index in [0.717, 1.165) is 5.56 Å². The van der Waals surface area contributed by atoms with E-state index in [2.05, 4.69) is 9.64 Å². The number of halogens is 4. The monoisotopic (exact) mass is 444 g/mol. The zero-order valence-corrected chi connectivity index (χ0v) is 17.2. The molecular weight excluding hydrogens is 425 g/mol. The first-order valence-electron chi connectivity index (χ1n) is 8.96. The van der Waals surface area contributed by atoms with Crippen LogP contribution in [-0.4, -0.2) is 55.6 Å². The molecule has 1 aliphatic heterocycles. The molecule has 0 spiro atoms. The Hall–Kier alpha value is -2.09. The van der Waals surface area contributed by atoms with E-state index in [1.54, 1.807) is 11.0 Å². The average molecular weight is 445 g/mol. The maximum atomic E-state index is 12.8. The van der Waals surface area contributed by atoms with Gasteiger partial charge < -0.3 is 14.4 Å². The summed E-state index contributed by atoms with van der Waals surface area (Å²) in [6.07, 6.45) is 0. The van der Waals surface area contributed by atoms with Crippen LogP contribution in [0.25, 0.3) is 0 Å². The first-order chi connectivity index (χ1) is 13.9. The van der Waals surface area contributed by atoms with Crippen molar-refractivity contribution in [3.63, 3.8) is 0 Å². The quantitative estimate of drug-likeness (QED) is 0.654. The largest absolute Gasteiger partial charge is 0.493 e. The second-order valence-corrected chi connectivity index (χ2v) is 7.38. The summed E-state index contributed by atoms with van der Waals surface area (Å²) in [5, 5.41) is 1.04. The molecular formula is C20H20Cl2F2N2O3. The number of piperazine rings is 1. The molecule has 0 atom stereocenters. The van der Waals surface area contributed by atoms with Crippen LogP contribution >= 0.6 is 23.2 Å². The van der Waals surface area contributed by atoms with E-state index in [-0.39, 0.29) is 17.4 Å². The van der Waals surface area contributed by atoms with E-state index in [4.69, 9.17) is 27.9 Å².